The minimum Gasteiger partial charge on any atom is -0.292 e. The monoisotopic (exact) mass is 368 g/mol. The number of non-ortho nitro benzene ring substituents is 1. The largest absolute Gasteiger partial charge is 0.293 e. The highest BCUT2D eigenvalue weighted by Gasteiger charge is 2.36. The predicted molar refractivity (Wildman–Crippen MR) is 96.5 cm³/mol. The molecule has 2 aromatic rings. The third-order valence-corrected chi connectivity index (χ3v) is 4.58. The molecule has 0 N–H and O–H groups in total. The lowest BCUT2D eigenvalue weighted by Gasteiger charge is -2.11. The van der Waals surface area contributed by atoms with Crippen LogP contribution in [0.4, 0.5) is 10.5 Å². The van der Waals surface area contributed by atoms with Crippen LogP contribution in [0.1, 0.15) is 15.9 Å². The molecule has 26 heavy (non-hydrogen) atoms. The number of nitro benzene ring substituents is 1. The summed E-state index contributed by atoms with van der Waals surface area (Å²) < 4.78 is 0. The lowest BCUT2D eigenvalue weighted by Crippen LogP contribution is -2.33. The molecule has 1 heterocycles. The van der Waals surface area contributed by atoms with Gasteiger partial charge < -0.3 is 0 Å². The molecule has 130 valence electrons. The van der Waals surface area contributed by atoms with E-state index in [1.54, 1.807) is 18.2 Å². The first-order chi connectivity index (χ1) is 12.5. The van der Waals surface area contributed by atoms with Gasteiger partial charge in [-0.15, -0.1) is 0 Å². The molecule has 1 fully saturated rings. The number of thioether (sulfide) groups is 1. The summed E-state index contributed by atoms with van der Waals surface area (Å²) in [6, 6.07) is 14.1. The summed E-state index contributed by atoms with van der Waals surface area (Å²) in [4.78, 5) is 48.0. The second-order valence-corrected chi connectivity index (χ2v) is 6.40. The van der Waals surface area contributed by atoms with Gasteiger partial charge in [-0.3, -0.25) is 29.4 Å². The van der Waals surface area contributed by atoms with Gasteiger partial charge in [-0.1, -0.05) is 30.3 Å². The van der Waals surface area contributed by atoms with E-state index in [2.05, 4.69) is 0 Å². The Morgan fingerprint density at radius 3 is 2.35 bits per heavy atom. The summed E-state index contributed by atoms with van der Waals surface area (Å²) in [7, 11) is 0. The summed E-state index contributed by atoms with van der Waals surface area (Å²) in [6.07, 6.45) is 1.60. The van der Waals surface area contributed by atoms with Crippen LogP contribution in [0.15, 0.2) is 59.5 Å². The van der Waals surface area contributed by atoms with Gasteiger partial charge in [-0.25, -0.2) is 0 Å². The molecule has 0 spiro atoms. The Morgan fingerprint density at radius 2 is 1.73 bits per heavy atom. The average Bonchev–Trinajstić information content (AvgIpc) is 2.90. The normalized spacial score (nSPS) is 15.5. The van der Waals surface area contributed by atoms with Gasteiger partial charge in [0.2, 0.25) is 0 Å². The van der Waals surface area contributed by atoms with Crippen LogP contribution in [-0.4, -0.2) is 33.3 Å². The highest BCUT2D eigenvalue weighted by atomic mass is 32.2. The molecule has 8 heteroatoms. The molecule has 0 atom stereocenters. The number of carbonyl (C=O) groups is 3. The fourth-order valence-electron chi connectivity index (χ4n) is 2.34. The van der Waals surface area contributed by atoms with Crippen molar-refractivity contribution in [3.05, 3.63) is 80.7 Å². The Balaban J connectivity index is 1.74. The standard InChI is InChI=1S/C18H12N2O5S/c21-15(13-6-8-14(9-7-13)20(24)25)11-19-17(22)16(26-18(19)23)10-12-4-2-1-3-5-12/h1-10H,11H2/b16-10+. The van der Waals surface area contributed by atoms with Crippen molar-refractivity contribution in [3.8, 4) is 0 Å². The first kappa shape index (κ1) is 17.6. The van der Waals surface area contributed by atoms with Crippen molar-refractivity contribution in [2.75, 3.05) is 6.54 Å². The molecule has 1 saturated heterocycles. The fourth-order valence-corrected chi connectivity index (χ4v) is 3.18. The van der Waals surface area contributed by atoms with Gasteiger partial charge in [0.15, 0.2) is 5.78 Å². The molecule has 3 rings (SSSR count). The van der Waals surface area contributed by atoms with E-state index in [-0.39, 0.29) is 16.2 Å². The molecule has 0 unspecified atom stereocenters. The van der Waals surface area contributed by atoms with E-state index in [1.807, 2.05) is 18.2 Å². The molecular formula is C18H12N2O5S. The average molecular weight is 368 g/mol. The van der Waals surface area contributed by atoms with E-state index < -0.39 is 28.4 Å². The molecule has 0 saturated carbocycles. The summed E-state index contributed by atoms with van der Waals surface area (Å²) in [6.45, 7) is -0.408. The molecule has 0 aliphatic carbocycles. The quantitative estimate of drug-likeness (QED) is 0.347. The first-order valence-corrected chi connectivity index (χ1v) is 8.35. The van der Waals surface area contributed by atoms with Crippen molar-refractivity contribution >= 4 is 40.5 Å². The van der Waals surface area contributed by atoms with Crippen LogP contribution in [-0.2, 0) is 4.79 Å². The first-order valence-electron chi connectivity index (χ1n) is 7.54. The molecular weight excluding hydrogens is 356 g/mol. The Morgan fingerprint density at radius 1 is 1.08 bits per heavy atom. The minimum absolute atomic E-state index is 0.140. The predicted octanol–water partition coefficient (Wildman–Crippen LogP) is 3.51. The van der Waals surface area contributed by atoms with Gasteiger partial charge in [-0.05, 0) is 35.5 Å². The zero-order valence-electron chi connectivity index (χ0n) is 13.3. The van der Waals surface area contributed by atoms with Gasteiger partial charge in [-0.2, -0.15) is 0 Å². The Labute approximate surface area is 152 Å². The number of ketones is 1. The number of benzene rings is 2. The topological polar surface area (TPSA) is 97.6 Å². The Bertz CT molecular complexity index is 922. The highest BCUT2D eigenvalue weighted by Crippen LogP contribution is 2.32. The van der Waals surface area contributed by atoms with E-state index in [9.17, 15) is 24.5 Å². The molecule has 1 aliphatic rings. The number of imide groups is 1. The zero-order valence-corrected chi connectivity index (χ0v) is 14.1. The third kappa shape index (κ3) is 3.70. The van der Waals surface area contributed by atoms with Gasteiger partial charge in [0.05, 0.1) is 16.4 Å². The SMILES string of the molecule is O=C(CN1C(=O)S/C(=C/c2ccccc2)C1=O)c1ccc([N+](=O)[O-])cc1. The maximum absolute atomic E-state index is 12.4. The second kappa shape index (κ2) is 7.32. The minimum atomic E-state index is -0.570. The van der Waals surface area contributed by atoms with Crippen LogP contribution in [0.5, 0.6) is 0 Å². The molecule has 2 aromatic carbocycles. The summed E-state index contributed by atoms with van der Waals surface area (Å²) in [5.41, 5.74) is 0.833. The maximum Gasteiger partial charge on any atom is 0.293 e. The Hall–Kier alpha value is -3.26. The molecule has 2 amide bonds. The van der Waals surface area contributed by atoms with Gasteiger partial charge in [0.25, 0.3) is 16.8 Å². The van der Waals surface area contributed by atoms with Gasteiger partial charge in [0.1, 0.15) is 0 Å². The lowest BCUT2D eigenvalue weighted by atomic mass is 10.1. The second-order valence-electron chi connectivity index (χ2n) is 5.41. The van der Waals surface area contributed by atoms with E-state index in [0.29, 0.717) is 0 Å². The summed E-state index contributed by atoms with van der Waals surface area (Å²) in [5, 5.41) is 10.1. The van der Waals surface area contributed by atoms with Crippen molar-refractivity contribution in [1.82, 2.24) is 4.90 Å². The van der Waals surface area contributed by atoms with Crippen molar-refractivity contribution in [3.63, 3.8) is 0 Å². The number of hydrogen-bond donors (Lipinski definition) is 0. The molecule has 0 aromatic heterocycles. The number of rotatable bonds is 5. The number of nitro groups is 1. The van der Waals surface area contributed by atoms with Crippen LogP contribution in [0.25, 0.3) is 6.08 Å². The van der Waals surface area contributed by atoms with E-state index in [1.165, 1.54) is 24.3 Å². The van der Waals surface area contributed by atoms with Gasteiger partial charge >= 0.3 is 0 Å². The van der Waals surface area contributed by atoms with Crippen molar-refractivity contribution in [2.24, 2.45) is 0 Å². The number of carbonyl (C=O) groups excluding carboxylic acids is 3. The van der Waals surface area contributed by atoms with Crippen LogP contribution < -0.4 is 0 Å². The fraction of sp³-hybridized carbons (Fsp3) is 0.0556. The highest BCUT2D eigenvalue weighted by molar-refractivity contribution is 8.18. The number of Topliss-reactive ketones (excluding diaryl/α,β-unsaturated/α-hetero) is 1. The van der Waals surface area contributed by atoms with E-state index >= 15 is 0 Å². The van der Waals surface area contributed by atoms with Crippen LogP contribution >= 0.6 is 11.8 Å². The molecule has 0 radical (unpaired) electrons. The maximum atomic E-state index is 12.4. The lowest BCUT2D eigenvalue weighted by molar-refractivity contribution is -0.384. The smallest absolute Gasteiger partial charge is 0.292 e. The molecule has 7 nitrogen and oxygen atoms in total. The number of amides is 2. The van der Waals surface area contributed by atoms with Crippen molar-refractivity contribution < 1.29 is 19.3 Å². The van der Waals surface area contributed by atoms with Crippen LogP contribution in [0, 0.1) is 10.1 Å². The summed E-state index contributed by atoms with van der Waals surface area (Å²) >= 11 is 0.777. The van der Waals surface area contributed by atoms with E-state index in [0.717, 1.165) is 22.2 Å². The summed E-state index contributed by atoms with van der Waals surface area (Å²) in [5.74, 6) is -0.998. The van der Waals surface area contributed by atoms with E-state index in [4.69, 9.17) is 0 Å². The Kier molecular flexibility index (Phi) is 4.94. The number of hydrogen-bond acceptors (Lipinski definition) is 6. The van der Waals surface area contributed by atoms with Crippen molar-refractivity contribution in [1.29, 1.82) is 0 Å². The molecule has 1 aliphatic heterocycles. The van der Waals surface area contributed by atoms with Crippen molar-refractivity contribution in [2.45, 2.75) is 0 Å². The zero-order chi connectivity index (χ0) is 18.7. The number of nitrogens with zero attached hydrogens (tertiary/aromatic N) is 2. The van der Waals surface area contributed by atoms with Crippen LogP contribution in [0.3, 0.4) is 0 Å². The van der Waals surface area contributed by atoms with Gasteiger partial charge in [0, 0.05) is 17.7 Å². The van der Waals surface area contributed by atoms with Crippen LogP contribution in [0.2, 0.25) is 0 Å². The third-order valence-electron chi connectivity index (χ3n) is 3.67. The molecule has 0 bridgehead atoms.